The molecule has 0 aliphatic rings. The third-order valence-corrected chi connectivity index (χ3v) is 4.03. The molecule has 0 aromatic heterocycles. The van der Waals surface area contributed by atoms with Crippen LogP contribution in [-0.2, 0) is 0 Å². The van der Waals surface area contributed by atoms with Gasteiger partial charge in [-0.2, -0.15) is 0 Å². The van der Waals surface area contributed by atoms with Gasteiger partial charge in [0.25, 0.3) is 0 Å². The molecule has 0 unspecified atom stereocenters. The van der Waals surface area contributed by atoms with Crippen LogP contribution in [-0.4, -0.2) is 6.54 Å². The zero-order chi connectivity index (χ0) is 14.7. The number of halogens is 1. The zero-order valence-corrected chi connectivity index (χ0v) is 15.3. The van der Waals surface area contributed by atoms with Crippen molar-refractivity contribution in [1.29, 1.82) is 0 Å². The van der Waals surface area contributed by atoms with Gasteiger partial charge in [-0.05, 0) is 12.8 Å². The molecule has 0 aromatic rings. The minimum absolute atomic E-state index is 0. The van der Waals surface area contributed by atoms with E-state index in [1.165, 1.54) is 96.3 Å². The lowest BCUT2D eigenvalue weighted by Crippen LogP contribution is -1.91. The van der Waals surface area contributed by atoms with Crippen LogP contribution in [0.15, 0.2) is 12.2 Å². The number of unbranched alkanes of at least 4 members (excludes halogenated alkanes) is 14. The van der Waals surface area contributed by atoms with Gasteiger partial charge < -0.3 is 5.73 Å². The summed E-state index contributed by atoms with van der Waals surface area (Å²) in [6, 6.07) is 0. The summed E-state index contributed by atoms with van der Waals surface area (Å²) in [5, 5.41) is 0. The highest BCUT2D eigenvalue weighted by atomic mass is 35.5. The molecule has 0 aliphatic carbocycles. The van der Waals surface area contributed by atoms with Gasteiger partial charge in [0.1, 0.15) is 0 Å². The van der Waals surface area contributed by atoms with E-state index in [0.717, 1.165) is 0 Å². The van der Waals surface area contributed by atoms with E-state index in [2.05, 4.69) is 19.1 Å². The average Bonchev–Trinajstić information content (AvgIpc) is 2.47. The molecule has 0 saturated carbocycles. The second-order valence-electron chi connectivity index (χ2n) is 6.09. The first-order valence-electron chi connectivity index (χ1n) is 9.27. The molecule has 1 nitrogen and oxygen atoms in total. The van der Waals surface area contributed by atoms with Crippen LogP contribution in [0.25, 0.3) is 0 Å². The van der Waals surface area contributed by atoms with Crippen molar-refractivity contribution in [3.8, 4) is 0 Å². The Morgan fingerprint density at radius 1 is 0.571 bits per heavy atom. The Bertz CT molecular complexity index is 192. The summed E-state index contributed by atoms with van der Waals surface area (Å²) in [5.74, 6) is 0. The molecule has 0 spiro atoms. The van der Waals surface area contributed by atoms with Gasteiger partial charge in [-0.3, -0.25) is 0 Å². The summed E-state index contributed by atoms with van der Waals surface area (Å²) in [7, 11) is 0. The van der Waals surface area contributed by atoms with Crippen LogP contribution in [0.5, 0.6) is 0 Å². The molecular formula is C19H40ClN. The molecule has 0 radical (unpaired) electrons. The van der Waals surface area contributed by atoms with Crippen molar-refractivity contribution in [3.05, 3.63) is 12.2 Å². The third-order valence-electron chi connectivity index (χ3n) is 4.03. The van der Waals surface area contributed by atoms with E-state index in [-0.39, 0.29) is 12.4 Å². The van der Waals surface area contributed by atoms with Crippen LogP contribution in [0.4, 0.5) is 0 Å². The van der Waals surface area contributed by atoms with Crippen molar-refractivity contribution >= 4 is 12.4 Å². The van der Waals surface area contributed by atoms with Crippen LogP contribution in [0.2, 0.25) is 0 Å². The Balaban J connectivity index is 0. The molecule has 21 heavy (non-hydrogen) atoms. The Morgan fingerprint density at radius 2 is 0.952 bits per heavy atom. The first-order valence-corrected chi connectivity index (χ1v) is 9.27. The normalized spacial score (nSPS) is 11.0. The van der Waals surface area contributed by atoms with Gasteiger partial charge in [-0.1, -0.05) is 103 Å². The lowest BCUT2D eigenvalue weighted by molar-refractivity contribution is 0.536. The summed E-state index contributed by atoms with van der Waals surface area (Å²) in [4.78, 5) is 0. The highest BCUT2D eigenvalue weighted by Crippen LogP contribution is 2.13. The summed E-state index contributed by atoms with van der Waals surface area (Å²) >= 11 is 0. The molecule has 0 rings (SSSR count). The van der Waals surface area contributed by atoms with Gasteiger partial charge in [0.15, 0.2) is 0 Å². The number of rotatable bonds is 16. The van der Waals surface area contributed by atoms with E-state index in [4.69, 9.17) is 5.73 Å². The van der Waals surface area contributed by atoms with E-state index in [0.29, 0.717) is 6.54 Å². The van der Waals surface area contributed by atoms with Crippen LogP contribution >= 0.6 is 12.4 Å². The quantitative estimate of drug-likeness (QED) is 0.246. The molecule has 0 saturated heterocycles. The van der Waals surface area contributed by atoms with E-state index in [1.807, 2.05) is 0 Å². The molecule has 0 heterocycles. The molecule has 2 N–H and O–H groups in total. The molecule has 0 fully saturated rings. The Morgan fingerprint density at radius 3 is 1.33 bits per heavy atom. The third kappa shape index (κ3) is 22.4. The lowest BCUT2D eigenvalue weighted by Gasteiger charge is -2.02. The van der Waals surface area contributed by atoms with Crippen molar-refractivity contribution in [1.82, 2.24) is 0 Å². The van der Waals surface area contributed by atoms with E-state index in [1.54, 1.807) is 0 Å². The van der Waals surface area contributed by atoms with Crippen LogP contribution in [0.1, 0.15) is 103 Å². The largest absolute Gasteiger partial charge is 0.327 e. The fourth-order valence-electron chi connectivity index (χ4n) is 2.67. The molecule has 0 bridgehead atoms. The maximum absolute atomic E-state index is 5.40. The predicted octanol–water partition coefficient (Wildman–Crippen LogP) is 6.79. The molecular weight excluding hydrogens is 278 g/mol. The van der Waals surface area contributed by atoms with Gasteiger partial charge in [0.05, 0.1) is 0 Å². The highest BCUT2D eigenvalue weighted by molar-refractivity contribution is 5.85. The second-order valence-corrected chi connectivity index (χ2v) is 6.09. The number of allylic oxidation sites excluding steroid dienone is 1. The first kappa shape index (κ1) is 23.3. The van der Waals surface area contributed by atoms with Crippen molar-refractivity contribution < 1.29 is 0 Å². The molecule has 0 aliphatic heterocycles. The minimum atomic E-state index is 0. The summed E-state index contributed by atoms with van der Waals surface area (Å²) in [6.45, 7) is 2.98. The summed E-state index contributed by atoms with van der Waals surface area (Å²) in [6.07, 6.45) is 25.6. The van der Waals surface area contributed by atoms with Crippen LogP contribution < -0.4 is 5.73 Å². The van der Waals surface area contributed by atoms with Gasteiger partial charge in [0.2, 0.25) is 0 Å². The van der Waals surface area contributed by atoms with Crippen molar-refractivity contribution in [2.75, 3.05) is 6.54 Å². The molecule has 0 atom stereocenters. The Labute approximate surface area is 140 Å². The Hall–Kier alpha value is -0.0100. The Kier molecular flexibility index (Phi) is 24.7. The van der Waals surface area contributed by atoms with Crippen LogP contribution in [0, 0.1) is 0 Å². The minimum Gasteiger partial charge on any atom is -0.327 e. The number of hydrogen-bond acceptors (Lipinski definition) is 1. The average molecular weight is 318 g/mol. The van der Waals surface area contributed by atoms with E-state index >= 15 is 0 Å². The second kappa shape index (κ2) is 22.3. The van der Waals surface area contributed by atoms with Gasteiger partial charge in [0, 0.05) is 6.54 Å². The van der Waals surface area contributed by atoms with Crippen LogP contribution in [0.3, 0.4) is 0 Å². The topological polar surface area (TPSA) is 26.0 Å². The van der Waals surface area contributed by atoms with Gasteiger partial charge >= 0.3 is 0 Å². The van der Waals surface area contributed by atoms with Crippen molar-refractivity contribution in [2.45, 2.75) is 103 Å². The van der Waals surface area contributed by atoms with E-state index < -0.39 is 0 Å². The van der Waals surface area contributed by atoms with Crippen molar-refractivity contribution in [3.63, 3.8) is 0 Å². The maximum atomic E-state index is 5.40. The van der Waals surface area contributed by atoms with Gasteiger partial charge in [-0.15, -0.1) is 12.4 Å². The lowest BCUT2D eigenvalue weighted by atomic mass is 10.0. The maximum Gasteiger partial charge on any atom is 0.0106 e. The van der Waals surface area contributed by atoms with Gasteiger partial charge in [-0.25, -0.2) is 0 Å². The number of hydrogen-bond donors (Lipinski definition) is 1. The standard InChI is InChI=1S/C19H39N.ClH/c1-2-3-4-5-6-7-8-9-10-11-12-13-14-15-16-17-18-19-20;/h17-18H,2-16,19-20H2,1H3;1H. The fourth-order valence-corrected chi connectivity index (χ4v) is 2.67. The molecule has 2 heteroatoms. The first-order chi connectivity index (χ1) is 9.91. The fraction of sp³-hybridized carbons (Fsp3) is 0.895. The summed E-state index contributed by atoms with van der Waals surface area (Å²) < 4.78 is 0. The predicted molar refractivity (Wildman–Crippen MR) is 100 cm³/mol. The SMILES string of the molecule is CCCCCCCCCCCCCCCCC=CCN.Cl. The highest BCUT2D eigenvalue weighted by Gasteiger charge is 1.93. The monoisotopic (exact) mass is 317 g/mol. The molecule has 128 valence electrons. The van der Waals surface area contributed by atoms with E-state index in [9.17, 15) is 0 Å². The van der Waals surface area contributed by atoms with Crippen molar-refractivity contribution in [2.24, 2.45) is 5.73 Å². The number of nitrogens with two attached hydrogens (primary N) is 1. The molecule has 0 aromatic carbocycles. The summed E-state index contributed by atoms with van der Waals surface area (Å²) in [5.41, 5.74) is 5.40. The molecule has 0 amide bonds. The zero-order valence-electron chi connectivity index (χ0n) is 14.5. The smallest absolute Gasteiger partial charge is 0.0106 e.